The summed E-state index contributed by atoms with van der Waals surface area (Å²) < 4.78 is 6.31. The average Bonchev–Trinajstić information content (AvgIpc) is 3.29. The molecule has 2 aromatic rings. The smallest absolute Gasteiger partial charge is 0.0868 e. The molecule has 0 atom stereocenters. The van der Waals surface area contributed by atoms with Gasteiger partial charge in [0.25, 0.3) is 0 Å². The maximum Gasteiger partial charge on any atom is 0.0868 e. The van der Waals surface area contributed by atoms with Crippen LogP contribution in [0.2, 0.25) is 0 Å². The molecule has 1 aromatic heterocycles. The first-order valence-electron chi connectivity index (χ1n) is 7.45. The van der Waals surface area contributed by atoms with E-state index in [1.165, 1.54) is 23.1 Å². The van der Waals surface area contributed by atoms with Gasteiger partial charge in [-0.25, -0.2) is 0 Å². The fraction of sp³-hybridized carbons (Fsp3) is 0.500. The summed E-state index contributed by atoms with van der Waals surface area (Å²) >= 11 is 0. The van der Waals surface area contributed by atoms with E-state index in [1.807, 2.05) is 31.3 Å². The second-order valence-corrected chi connectivity index (χ2v) is 5.19. The average molecular weight is 379 g/mol. The van der Waals surface area contributed by atoms with Crippen molar-refractivity contribution in [1.29, 1.82) is 0 Å². The number of hydrogen-bond donors (Lipinski definition) is 2. The molecule has 5 nitrogen and oxygen atoms in total. The monoisotopic (exact) mass is 379 g/mol. The molecular weight excluding hydrogens is 355 g/mol. The summed E-state index contributed by atoms with van der Waals surface area (Å²) in [6.45, 7) is 1.97. The van der Waals surface area contributed by atoms with E-state index in [4.69, 9.17) is 10.5 Å². The van der Waals surface area contributed by atoms with Crippen molar-refractivity contribution in [2.24, 2.45) is 0 Å². The Morgan fingerprint density at radius 3 is 2.73 bits per heavy atom. The van der Waals surface area contributed by atoms with Crippen molar-refractivity contribution in [2.75, 3.05) is 26.7 Å². The van der Waals surface area contributed by atoms with Gasteiger partial charge in [0.05, 0.1) is 11.6 Å². The Morgan fingerprint density at radius 1 is 1.36 bits per heavy atom. The SMILES string of the molecule is CNCCc1cn(O)c2ccccc12.[NH-]CCOC1CC1.[Y]. The molecule has 6 heteroatoms. The van der Waals surface area contributed by atoms with Gasteiger partial charge in [-0.05, 0) is 44.5 Å². The number of fused-ring (bicyclic) bond motifs is 1. The van der Waals surface area contributed by atoms with Crippen molar-refractivity contribution >= 4 is 10.9 Å². The minimum Gasteiger partial charge on any atom is -0.676 e. The minimum absolute atomic E-state index is 0. The summed E-state index contributed by atoms with van der Waals surface area (Å²) in [5.74, 6) is 0. The zero-order valence-corrected chi connectivity index (χ0v) is 15.9. The van der Waals surface area contributed by atoms with Gasteiger partial charge in [0.1, 0.15) is 0 Å². The van der Waals surface area contributed by atoms with Gasteiger partial charge in [0, 0.05) is 50.9 Å². The first-order chi connectivity index (χ1) is 10.3. The van der Waals surface area contributed by atoms with Crippen LogP contribution in [-0.2, 0) is 43.9 Å². The number of likely N-dealkylation sites (N-methyl/N-ethyl adjacent to an activating group) is 1. The van der Waals surface area contributed by atoms with Crippen LogP contribution in [-0.4, -0.2) is 42.8 Å². The van der Waals surface area contributed by atoms with Crippen LogP contribution in [0.4, 0.5) is 0 Å². The van der Waals surface area contributed by atoms with E-state index in [0.717, 1.165) is 23.9 Å². The molecule has 1 aliphatic rings. The predicted molar refractivity (Wildman–Crippen MR) is 84.9 cm³/mol. The van der Waals surface area contributed by atoms with Crippen LogP contribution in [0.5, 0.6) is 0 Å². The van der Waals surface area contributed by atoms with Crippen molar-refractivity contribution in [3.63, 3.8) is 0 Å². The van der Waals surface area contributed by atoms with Crippen LogP contribution in [0.3, 0.4) is 0 Å². The van der Waals surface area contributed by atoms with Crippen molar-refractivity contribution in [3.05, 3.63) is 41.8 Å². The van der Waals surface area contributed by atoms with Crippen molar-refractivity contribution in [3.8, 4) is 0 Å². The molecule has 0 unspecified atom stereocenters. The van der Waals surface area contributed by atoms with Crippen LogP contribution in [0, 0.1) is 0 Å². The second kappa shape index (κ2) is 10.3. The zero-order chi connectivity index (χ0) is 15.1. The molecule has 1 aromatic carbocycles. The molecule has 3 N–H and O–H groups in total. The van der Waals surface area contributed by atoms with Crippen LogP contribution in [0.15, 0.2) is 30.5 Å². The Bertz CT molecular complexity index is 555. The maximum absolute atomic E-state index is 9.59. The van der Waals surface area contributed by atoms with Gasteiger partial charge in [-0.3, -0.25) is 0 Å². The van der Waals surface area contributed by atoms with E-state index >= 15 is 0 Å². The topological polar surface area (TPSA) is 70.2 Å². The molecule has 1 fully saturated rings. The van der Waals surface area contributed by atoms with Gasteiger partial charge in [-0.15, -0.1) is 6.54 Å². The van der Waals surface area contributed by atoms with Gasteiger partial charge in [-0.2, -0.15) is 4.73 Å². The Morgan fingerprint density at radius 2 is 2.09 bits per heavy atom. The summed E-state index contributed by atoms with van der Waals surface area (Å²) in [5.41, 5.74) is 8.75. The van der Waals surface area contributed by atoms with Gasteiger partial charge in [0.2, 0.25) is 0 Å². The summed E-state index contributed by atoms with van der Waals surface area (Å²) in [6, 6.07) is 7.87. The van der Waals surface area contributed by atoms with Crippen LogP contribution in [0.25, 0.3) is 16.6 Å². The first-order valence-corrected chi connectivity index (χ1v) is 7.45. The quantitative estimate of drug-likeness (QED) is 0.759. The van der Waals surface area contributed by atoms with Crippen molar-refractivity contribution in [1.82, 2.24) is 10.0 Å². The largest absolute Gasteiger partial charge is 0.676 e. The molecule has 22 heavy (non-hydrogen) atoms. The van der Waals surface area contributed by atoms with Gasteiger partial charge in [-0.1, -0.05) is 18.2 Å². The number of nitrogens with zero attached hydrogens (tertiary/aromatic N) is 1. The number of benzene rings is 1. The first kappa shape index (κ1) is 19.6. The molecule has 0 spiro atoms. The predicted octanol–water partition coefficient (Wildman–Crippen LogP) is 2.86. The molecule has 3 rings (SSSR count). The van der Waals surface area contributed by atoms with Crippen molar-refractivity contribution < 1.29 is 42.7 Å². The summed E-state index contributed by atoms with van der Waals surface area (Å²) in [6.07, 6.45) is 5.69. The van der Waals surface area contributed by atoms with E-state index in [2.05, 4.69) is 5.32 Å². The molecule has 119 valence electrons. The van der Waals surface area contributed by atoms with E-state index in [0.29, 0.717) is 19.3 Å². The van der Waals surface area contributed by atoms with Gasteiger partial charge >= 0.3 is 0 Å². The van der Waals surface area contributed by atoms with Crippen LogP contribution in [0.1, 0.15) is 18.4 Å². The summed E-state index contributed by atoms with van der Waals surface area (Å²) in [7, 11) is 1.93. The van der Waals surface area contributed by atoms with Crippen LogP contribution < -0.4 is 5.32 Å². The maximum atomic E-state index is 9.59. The van der Waals surface area contributed by atoms with Crippen molar-refractivity contribution in [2.45, 2.75) is 25.4 Å². The molecule has 0 bridgehead atoms. The molecule has 1 aliphatic carbocycles. The third-order valence-electron chi connectivity index (χ3n) is 3.40. The Kier molecular flexibility index (Phi) is 9.21. The number of ether oxygens (including phenoxy) is 1. The molecule has 1 saturated carbocycles. The molecule has 1 radical (unpaired) electrons. The normalized spacial score (nSPS) is 13.4. The minimum atomic E-state index is 0. The third-order valence-corrected chi connectivity index (χ3v) is 3.40. The molecule has 0 amide bonds. The number of nitrogens with one attached hydrogen (secondary N) is 2. The molecule has 1 heterocycles. The Hall–Kier alpha value is -0.456. The summed E-state index contributed by atoms with van der Waals surface area (Å²) in [4.78, 5) is 0. The fourth-order valence-electron chi connectivity index (χ4n) is 2.15. The number of hydrogen-bond acceptors (Lipinski definition) is 3. The Labute approximate surface area is 157 Å². The zero-order valence-electron chi connectivity index (χ0n) is 13.1. The fourth-order valence-corrected chi connectivity index (χ4v) is 2.15. The van der Waals surface area contributed by atoms with E-state index in [1.54, 1.807) is 6.20 Å². The van der Waals surface area contributed by atoms with Crippen LogP contribution >= 0.6 is 0 Å². The number of rotatable bonds is 6. The molecule has 0 saturated heterocycles. The van der Waals surface area contributed by atoms with Gasteiger partial charge < -0.3 is 21.0 Å². The number of para-hydroxylation sites is 1. The standard InChI is InChI=1S/C11H14N2O.C5H10NO.Y/c1-12-7-6-9-8-13(14)11-5-3-2-4-10(9)11;6-3-4-7-5-1-2-5;/h2-5,8,12,14H,6-7H2,1H3;5-6H,1-4H2;/q;-1;. The van der Waals surface area contributed by atoms with Gasteiger partial charge in [0.15, 0.2) is 0 Å². The Balaban J connectivity index is 0.000000258. The third kappa shape index (κ3) is 5.97. The van der Waals surface area contributed by atoms with E-state index < -0.39 is 0 Å². The summed E-state index contributed by atoms with van der Waals surface area (Å²) in [5, 5.41) is 13.8. The number of aromatic nitrogens is 1. The second-order valence-electron chi connectivity index (χ2n) is 5.19. The molecular formula is C16H24N3O2Y-. The molecule has 0 aliphatic heterocycles. The van der Waals surface area contributed by atoms with E-state index in [9.17, 15) is 5.21 Å². The van der Waals surface area contributed by atoms with E-state index in [-0.39, 0.29) is 32.7 Å².